The molecule has 8 nitrogen and oxygen atoms in total. The molecule has 1 fully saturated rings. The number of carbonyl (C=O) groups is 2. The minimum absolute atomic E-state index is 0.000685. The van der Waals surface area contributed by atoms with Crippen LogP contribution in [-0.4, -0.2) is 60.6 Å². The second-order valence-electron chi connectivity index (χ2n) is 4.75. The molecule has 2 unspecified atom stereocenters. The van der Waals surface area contributed by atoms with Gasteiger partial charge in [0.15, 0.2) is 0 Å². The van der Waals surface area contributed by atoms with Gasteiger partial charge in [-0.25, -0.2) is 8.42 Å². The highest BCUT2D eigenvalue weighted by Gasteiger charge is 2.38. The van der Waals surface area contributed by atoms with Crippen molar-refractivity contribution in [3.63, 3.8) is 0 Å². The molecular weight excluding hydrogens is 286 g/mol. The summed E-state index contributed by atoms with van der Waals surface area (Å²) in [6, 6.07) is -0.772. The Bertz CT molecular complexity index is 465. The number of nitrogens with two attached hydrogens (primary N) is 1. The van der Waals surface area contributed by atoms with Crippen molar-refractivity contribution in [3.8, 4) is 0 Å². The molecular formula is C11H21N3O5S. The van der Waals surface area contributed by atoms with Crippen LogP contribution in [0.4, 0.5) is 0 Å². The summed E-state index contributed by atoms with van der Waals surface area (Å²) in [5.41, 5.74) is 4.87. The van der Waals surface area contributed by atoms with Crippen molar-refractivity contribution < 1.29 is 23.1 Å². The van der Waals surface area contributed by atoms with Crippen molar-refractivity contribution in [1.29, 1.82) is 0 Å². The number of carbonyl (C=O) groups excluding carboxylic acids is 2. The van der Waals surface area contributed by atoms with Gasteiger partial charge in [0.25, 0.3) is 0 Å². The minimum atomic E-state index is -3.44. The predicted molar refractivity (Wildman–Crippen MR) is 72.0 cm³/mol. The molecule has 1 heterocycles. The number of hydrogen-bond acceptors (Lipinski definition) is 5. The molecule has 1 saturated heterocycles. The highest BCUT2D eigenvalue weighted by molar-refractivity contribution is 7.89. The summed E-state index contributed by atoms with van der Waals surface area (Å²) in [4.78, 5) is 22.6. The van der Waals surface area contributed by atoms with Crippen molar-refractivity contribution in [2.75, 3.05) is 18.8 Å². The normalized spacial score (nSPS) is 21.6. The van der Waals surface area contributed by atoms with E-state index in [1.54, 1.807) is 6.92 Å². The first-order chi connectivity index (χ1) is 9.29. The van der Waals surface area contributed by atoms with E-state index in [1.807, 2.05) is 0 Å². The molecule has 0 radical (unpaired) electrons. The summed E-state index contributed by atoms with van der Waals surface area (Å²) in [5, 5.41) is 11.6. The monoisotopic (exact) mass is 307 g/mol. The molecule has 0 saturated carbocycles. The van der Waals surface area contributed by atoms with E-state index < -0.39 is 34.0 Å². The van der Waals surface area contributed by atoms with E-state index in [1.165, 1.54) is 4.31 Å². The molecule has 1 aliphatic rings. The standard InChI is InChI=1S/C11H21N3O5S/c1-2-6-20(18,19)14-5-3-4-8(14)11(17)13-7-9(15)10(12)16/h8-9,15H,2-7H2,1H3,(H2,12,16)(H,13,17). The lowest BCUT2D eigenvalue weighted by molar-refractivity contribution is -0.128. The third kappa shape index (κ3) is 4.15. The molecule has 9 heteroatoms. The third-order valence-electron chi connectivity index (χ3n) is 3.12. The topological polar surface area (TPSA) is 130 Å². The van der Waals surface area contributed by atoms with Gasteiger partial charge in [-0.05, 0) is 19.3 Å². The number of aliphatic hydroxyl groups is 1. The second kappa shape index (κ2) is 7.00. The molecule has 0 aromatic rings. The molecule has 2 atom stereocenters. The Labute approximate surface area is 118 Å². The van der Waals surface area contributed by atoms with Gasteiger partial charge in [0, 0.05) is 6.54 Å². The minimum Gasteiger partial charge on any atom is -0.381 e. The Kier molecular flexibility index (Phi) is 5.90. The average Bonchev–Trinajstić information content (AvgIpc) is 2.85. The number of sulfonamides is 1. The molecule has 0 bridgehead atoms. The van der Waals surface area contributed by atoms with Gasteiger partial charge in [-0.3, -0.25) is 9.59 Å². The van der Waals surface area contributed by atoms with Crippen LogP contribution in [0.1, 0.15) is 26.2 Å². The van der Waals surface area contributed by atoms with Crippen molar-refractivity contribution in [2.24, 2.45) is 5.73 Å². The molecule has 0 aromatic carbocycles. The fourth-order valence-electron chi connectivity index (χ4n) is 2.13. The Hall–Kier alpha value is -1.19. The molecule has 20 heavy (non-hydrogen) atoms. The van der Waals surface area contributed by atoms with E-state index in [9.17, 15) is 23.1 Å². The van der Waals surface area contributed by atoms with Crippen LogP contribution in [0.3, 0.4) is 0 Å². The zero-order valence-corrected chi connectivity index (χ0v) is 12.2. The summed E-state index contributed by atoms with van der Waals surface area (Å²) >= 11 is 0. The molecule has 4 N–H and O–H groups in total. The highest BCUT2D eigenvalue weighted by Crippen LogP contribution is 2.21. The maximum atomic E-state index is 12.0. The first-order valence-corrected chi connectivity index (χ1v) is 8.15. The number of nitrogens with zero attached hydrogens (tertiary/aromatic N) is 1. The lowest BCUT2D eigenvalue weighted by atomic mass is 10.2. The zero-order valence-electron chi connectivity index (χ0n) is 11.4. The van der Waals surface area contributed by atoms with Crippen LogP contribution in [0.2, 0.25) is 0 Å². The summed E-state index contributed by atoms with van der Waals surface area (Å²) in [5.74, 6) is -1.45. The Morgan fingerprint density at radius 3 is 2.70 bits per heavy atom. The van der Waals surface area contributed by atoms with E-state index in [2.05, 4.69) is 5.32 Å². The van der Waals surface area contributed by atoms with Crippen molar-refractivity contribution in [3.05, 3.63) is 0 Å². The van der Waals surface area contributed by atoms with E-state index in [0.29, 0.717) is 25.8 Å². The van der Waals surface area contributed by atoms with Gasteiger partial charge in [-0.15, -0.1) is 0 Å². The van der Waals surface area contributed by atoms with Crippen LogP contribution in [0.15, 0.2) is 0 Å². The number of nitrogens with one attached hydrogen (secondary N) is 1. The Morgan fingerprint density at radius 2 is 2.15 bits per heavy atom. The van der Waals surface area contributed by atoms with Gasteiger partial charge < -0.3 is 16.2 Å². The first kappa shape index (κ1) is 16.9. The summed E-state index contributed by atoms with van der Waals surface area (Å²) in [6.07, 6.45) is 0.0510. The van der Waals surface area contributed by atoms with Crippen molar-refractivity contribution >= 4 is 21.8 Å². The summed E-state index contributed by atoms with van der Waals surface area (Å²) in [7, 11) is -3.44. The average molecular weight is 307 g/mol. The Balaban J connectivity index is 2.65. The highest BCUT2D eigenvalue weighted by atomic mass is 32.2. The van der Waals surface area contributed by atoms with Crippen LogP contribution in [0.25, 0.3) is 0 Å². The number of aliphatic hydroxyl groups excluding tert-OH is 1. The zero-order chi connectivity index (χ0) is 15.3. The first-order valence-electron chi connectivity index (χ1n) is 6.54. The van der Waals surface area contributed by atoms with Crippen LogP contribution in [-0.2, 0) is 19.6 Å². The largest absolute Gasteiger partial charge is 0.381 e. The number of primary amides is 1. The molecule has 2 amide bonds. The smallest absolute Gasteiger partial charge is 0.248 e. The van der Waals surface area contributed by atoms with Crippen LogP contribution >= 0.6 is 0 Å². The molecule has 116 valence electrons. The van der Waals surface area contributed by atoms with Gasteiger partial charge in [-0.1, -0.05) is 6.92 Å². The van der Waals surface area contributed by atoms with Gasteiger partial charge in [0.2, 0.25) is 21.8 Å². The van der Waals surface area contributed by atoms with E-state index in [4.69, 9.17) is 5.73 Å². The quantitative estimate of drug-likeness (QED) is 0.508. The Morgan fingerprint density at radius 1 is 1.50 bits per heavy atom. The SMILES string of the molecule is CCCS(=O)(=O)N1CCCC1C(=O)NCC(O)C(N)=O. The van der Waals surface area contributed by atoms with E-state index in [-0.39, 0.29) is 12.3 Å². The van der Waals surface area contributed by atoms with Crippen LogP contribution < -0.4 is 11.1 Å². The second-order valence-corrected chi connectivity index (χ2v) is 6.79. The van der Waals surface area contributed by atoms with Gasteiger partial charge >= 0.3 is 0 Å². The summed E-state index contributed by atoms with van der Waals surface area (Å²) in [6.45, 7) is 1.76. The number of rotatable bonds is 7. The summed E-state index contributed by atoms with van der Waals surface area (Å²) < 4.78 is 25.2. The molecule has 0 spiro atoms. The van der Waals surface area contributed by atoms with E-state index >= 15 is 0 Å². The van der Waals surface area contributed by atoms with Crippen molar-refractivity contribution in [2.45, 2.75) is 38.3 Å². The van der Waals surface area contributed by atoms with Gasteiger partial charge in [-0.2, -0.15) is 4.31 Å². The van der Waals surface area contributed by atoms with Gasteiger partial charge in [0.1, 0.15) is 12.1 Å². The van der Waals surface area contributed by atoms with Crippen LogP contribution in [0, 0.1) is 0 Å². The fraction of sp³-hybridized carbons (Fsp3) is 0.818. The molecule has 1 aliphatic heterocycles. The number of amides is 2. The van der Waals surface area contributed by atoms with Crippen LogP contribution in [0.5, 0.6) is 0 Å². The third-order valence-corrected chi connectivity index (χ3v) is 5.20. The molecule has 0 aliphatic carbocycles. The maximum Gasteiger partial charge on any atom is 0.248 e. The lowest BCUT2D eigenvalue weighted by Gasteiger charge is -2.23. The van der Waals surface area contributed by atoms with Crippen molar-refractivity contribution in [1.82, 2.24) is 9.62 Å². The molecule has 0 aromatic heterocycles. The maximum absolute atomic E-state index is 12.0. The molecule has 1 rings (SSSR count). The fourth-order valence-corrected chi connectivity index (χ4v) is 3.87. The lowest BCUT2D eigenvalue weighted by Crippen LogP contribution is -2.49. The number of hydrogen-bond donors (Lipinski definition) is 3. The predicted octanol–water partition coefficient (Wildman–Crippen LogP) is -1.85. The van der Waals surface area contributed by atoms with Gasteiger partial charge in [0.05, 0.1) is 12.3 Å². The van der Waals surface area contributed by atoms with E-state index in [0.717, 1.165) is 0 Å².